The molecule has 0 atom stereocenters. The van der Waals surface area contributed by atoms with Gasteiger partial charge in [0.25, 0.3) is 26.1 Å². The number of anilines is 4. The van der Waals surface area contributed by atoms with Gasteiger partial charge in [-0.1, -0.05) is 0 Å². The maximum atomic E-state index is 12.2. The van der Waals surface area contributed by atoms with Crippen molar-refractivity contribution in [1.29, 1.82) is 0 Å². The molecule has 0 saturated carbocycles. The fourth-order valence-corrected chi connectivity index (χ4v) is 4.57. The maximum Gasteiger partial charge on any atom is 0.294 e. The summed E-state index contributed by atoms with van der Waals surface area (Å²) in [5.41, 5.74) is 8.81. The molecule has 0 bridgehead atoms. The highest BCUT2D eigenvalue weighted by Gasteiger charge is 2.21. The van der Waals surface area contributed by atoms with Crippen LogP contribution in [0.2, 0.25) is 0 Å². The van der Waals surface area contributed by atoms with Crippen molar-refractivity contribution in [2.75, 3.05) is 10.6 Å². The number of hydrogen-bond donors (Lipinski definition) is 5. The van der Waals surface area contributed by atoms with Crippen LogP contribution >= 0.6 is 0 Å². The summed E-state index contributed by atoms with van der Waals surface area (Å²) in [6.07, 6.45) is 0. The third-order valence-corrected chi connectivity index (χ3v) is 7.20. The zero-order valence-electron chi connectivity index (χ0n) is 19.2. The van der Waals surface area contributed by atoms with Gasteiger partial charge in [0, 0.05) is 11.4 Å². The van der Waals surface area contributed by atoms with Crippen LogP contribution in [0.25, 0.3) is 0 Å². The van der Waals surface area contributed by atoms with Crippen molar-refractivity contribution in [3.63, 3.8) is 0 Å². The molecular formula is C22H24N4O7S2. The predicted octanol–water partition coefficient (Wildman–Crippen LogP) is 3.39. The van der Waals surface area contributed by atoms with Crippen LogP contribution in [0.4, 0.5) is 23.0 Å². The first-order valence-electron chi connectivity index (χ1n) is 10.1. The molecule has 6 N–H and O–H groups in total. The van der Waals surface area contributed by atoms with E-state index in [2.05, 4.69) is 15.6 Å². The van der Waals surface area contributed by atoms with Gasteiger partial charge < -0.3 is 16.4 Å². The first-order valence-corrected chi connectivity index (χ1v) is 13.0. The number of carbonyl (C=O) groups excluding carboxylic acids is 1. The Balaban J connectivity index is 2.09. The fraction of sp³-hybridized carbons (Fsp3) is 0.182. The van der Waals surface area contributed by atoms with E-state index >= 15 is 0 Å². The molecule has 3 aromatic rings. The summed E-state index contributed by atoms with van der Waals surface area (Å²) in [5.74, 6) is -0.268. The number of hydrogen-bond acceptors (Lipinski definition) is 8. The Morgan fingerprint density at radius 1 is 0.771 bits per heavy atom. The molecule has 0 radical (unpaired) electrons. The summed E-state index contributed by atoms with van der Waals surface area (Å²) in [4.78, 5) is 16.2. The third-order valence-electron chi connectivity index (χ3n) is 5.50. The van der Waals surface area contributed by atoms with Crippen LogP contribution in [-0.2, 0) is 20.2 Å². The quantitative estimate of drug-likeness (QED) is 0.289. The van der Waals surface area contributed by atoms with Gasteiger partial charge in [0.05, 0.1) is 15.4 Å². The van der Waals surface area contributed by atoms with Crippen molar-refractivity contribution in [3.05, 3.63) is 64.2 Å². The van der Waals surface area contributed by atoms with Crippen molar-refractivity contribution < 1.29 is 30.7 Å². The Morgan fingerprint density at radius 3 is 1.57 bits per heavy atom. The minimum atomic E-state index is -4.39. The number of carbonyl (C=O) groups is 1. The molecule has 13 heteroatoms. The van der Waals surface area contributed by atoms with Crippen molar-refractivity contribution in [2.24, 2.45) is 5.73 Å². The smallest absolute Gasteiger partial charge is 0.294 e. The molecule has 11 nitrogen and oxygen atoms in total. The second-order valence-electron chi connectivity index (χ2n) is 7.95. The lowest BCUT2D eigenvalue weighted by Crippen LogP contribution is -2.18. The highest BCUT2D eigenvalue weighted by Crippen LogP contribution is 2.32. The van der Waals surface area contributed by atoms with Crippen molar-refractivity contribution >= 4 is 49.2 Å². The van der Waals surface area contributed by atoms with Gasteiger partial charge in [-0.3, -0.25) is 13.9 Å². The number of primary amides is 1. The highest BCUT2D eigenvalue weighted by molar-refractivity contribution is 7.86. The van der Waals surface area contributed by atoms with Crippen molar-refractivity contribution in [3.8, 4) is 0 Å². The Bertz CT molecular complexity index is 1570. The van der Waals surface area contributed by atoms with Gasteiger partial charge in [-0.15, -0.1) is 0 Å². The fourth-order valence-electron chi connectivity index (χ4n) is 3.44. The summed E-state index contributed by atoms with van der Waals surface area (Å²) >= 11 is 0. The Morgan fingerprint density at radius 2 is 1.20 bits per heavy atom. The van der Waals surface area contributed by atoms with Crippen LogP contribution in [0, 0.1) is 27.7 Å². The molecule has 1 amide bonds. The van der Waals surface area contributed by atoms with E-state index in [9.17, 15) is 30.7 Å². The largest absolute Gasteiger partial charge is 0.365 e. The minimum absolute atomic E-state index is 0.109. The van der Waals surface area contributed by atoms with E-state index in [0.717, 1.165) is 0 Å². The molecule has 35 heavy (non-hydrogen) atoms. The zero-order chi connectivity index (χ0) is 26.3. The molecular weight excluding hydrogens is 496 g/mol. The van der Waals surface area contributed by atoms with E-state index in [1.54, 1.807) is 27.7 Å². The van der Waals surface area contributed by atoms with Crippen LogP contribution in [0.15, 0.2) is 46.2 Å². The number of nitrogens with one attached hydrogen (secondary N) is 2. The van der Waals surface area contributed by atoms with Gasteiger partial charge in [0.2, 0.25) is 0 Å². The van der Waals surface area contributed by atoms with Crippen LogP contribution < -0.4 is 16.4 Å². The number of nitrogens with zero attached hydrogens (tertiary/aromatic N) is 1. The molecule has 2 aromatic carbocycles. The topological polar surface area (TPSA) is 189 Å². The lowest BCUT2D eigenvalue weighted by molar-refractivity contribution is 0.1000. The lowest BCUT2D eigenvalue weighted by atomic mass is 10.0. The maximum absolute atomic E-state index is 12.2. The number of aromatic nitrogens is 1. The van der Waals surface area contributed by atoms with Gasteiger partial charge in [0.1, 0.15) is 11.6 Å². The van der Waals surface area contributed by atoms with Crippen LogP contribution in [0.1, 0.15) is 32.6 Å². The molecule has 186 valence electrons. The van der Waals surface area contributed by atoms with Gasteiger partial charge in [0.15, 0.2) is 0 Å². The SMILES string of the molecule is Cc1cc(S(=O)(=O)O)ccc1Nc1nc(Nc2ccc(S(=O)(=O)O)cc2C)c(C(N)=O)c(C)c1C. The second-order valence-corrected chi connectivity index (χ2v) is 10.8. The van der Waals surface area contributed by atoms with Crippen LogP contribution in [-0.4, -0.2) is 36.8 Å². The van der Waals surface area contributed by atoms with E-state index in [-0.39, 0.29) is 21.2 Å². The van der Waals surface area contributed by atoms with Gasteiger partial charge >= 0.3 is 0 Å². The first kappa shape index (κ1) is 26.1. The third kappa shape index (κ3) is 5.59. The highest BCUT2D eigenvalue weighted by atomic mass is 32.2. The molecule has 0 aliphatic rings. The molecule has 0 unspecified atom stereocenters. The van der Waals surface area contributed by atoms with Crippen LogP contribution in [0.3, 0.4) is 0 Å². The summed E-state index contributed by atoms with van der Waals surface area (Å²) in [7, 11) is -8.75. The first-order chi connectivity index (χ1) is 16.1. The molecule has 3 rings (SSSR count). The van der Waals surface area contributed by atoms with E-state index in [1.165, 1.54) is 36.4 Å². The standard InChI is InChI=1S/C22H24N4O7S2/c1-11-9-15(34(28,29)30)5-7-17(11)24-21-14(4)13(3)19(20(23)27)22(26-21)25-18-8-6-16(10-12(18)2)35(31,32)33/h5-10H,1-4H3,(H2,23,27)(H2,24,25,26)(H,28,29,30)(H,31,32,33). The van der Waals surface area contributed by atoms with Crippen LogP contribution in [0.5, 0.6) is 0 Å². The number of nitrogens with two attached hydrogens (primary N) is 1. The summed E-state index contributed by atoms with van der Waals surface area (Å²) in [6, 6.07) is 7.91. The van der Waals surface area contributed by atoms with Crippen molar-refractivity contribution in [2.45, 2.75) is 37.5 Å². The number of benzene rings is 2. The van der Waals surface area contributed by atoms with Gasteiger partial charge in [-0.05, 0) is 86.3 Å². The Labute approximate surface area is 202 Å². The van der Waals surface area contributed by atoms with E-state index in [1.807, 2.05) is 0 Å². The number of amides is 1. The minimum Gasteiger partial charge on any atom is -0.365 e. The van der Waals surface area contributed by atoms with Gasteiger partial charge in [-0.2, -0.15) is 16.8 Å². The average Bonchev–Trinajstić information content (AvgIpc) is 2.72. The molecule has 0 spiro atoms. The molecule has 0 fully saturated rings. The number of rotatable bonds is 7. The summed E-state index contributed by atoms with van der Waals surface area (Å²) < 4.78 is 64.1. The monoisotopic (exact) mass is 520 g/mol. The van der Waals surface area contributed by atoms with Crippen molar-refractivity contribution in [1.82, 2.24) is 4.98 Å². The van der Waals surface area contributed by atoms with E-state index in [0.29, 0.717) is 39.4 Å². The Kier molecular flexibility index (Phi) is 6.90. The summed E-state index contributed by atoms with van der Waals surface area (Å²) in [5, 5.41) is 6.10. The molecule has 0 aliphatic carbocycles. The Hall–Kier alpha value is -3.52. The second kappa shape index (κ2) is 9.26. The summed E-state index contributed by atoms with van der Waals surface area (Å²) in [6.45, 7) is 6.68. The molecule has 1 aromatic heterocycles. The predicted molar refractivity (Wildman–Crippen MR) is 131 cm³/mol. The van der Waals surface area contributed by atoms with E-state index in [4.69, 9.17) is 5.73 Å². The molecule has 0 saturated heterocycles. The zero-order valence-corrected chi connectivity index (χ0v) is 20.9. The number of aryl methyl sites for hydroxylation is 2. The van der Waals surface area contributed by atoms with E-state index < -0.39 is 26.1 Å². The lowest BCUT2D eigenvalue weighted by Gasteiger charge is -2.19. The number of pyridine rings is 1. The van der Waals surface area contributed by atoms with Gasteiger partial charge in [-0.25, -0.2) is 4.98 Å². The molecule has 1 heterocycles. The normalized spacial score (nSPS) is 11.8. The average molecular weight is 521 g/mol. The molecule has 0 aliphatic heterocycles.